The van der Waals surface area contributed by atoms with E-state index in [1.807, 2.05) is 0 Å². The SMILES string of the molecule is CN(CC(=O)N(Cc1nccn1C)c1ccc(C(=O)O)c(OCc2ccccc2)c1Cc1ccccc1)S(=O)(=O)c1c(F)c(F)c(F)c(F)c1F. The maximum atomic E-state index is 14.6. The lowest BCUT2D eigenvalue weighted by Gasteiger charge is -2.29. The molecule has 0 fully saturated rings. The Morgan fingerprint density at radius 2 is 1.41 bits per heavy atom. The number of amides is 1. The molecule has 10 nitrogen and oxygen atoms in total. The van der Waals surface area contributed by atoms with Gasteiger partial charge in [-0.2, -0.15) is 4.31 Å². The summed E-state index contributed by atoms with van der Waals surface area (Å²) < 4.78 is 105. The van der Waals surface area contributed by atoms with E-state index in [-0.39, 0.29) is 52.3 Å². The van der Waals surface area contributed by atoms with Crippen LogP contribution in [0.25, 0.3) is 0 Å². The monoisotopic (exact) mass is 728 g/mol. The first-order valence-electron chi connectivity index (χ1n) is 15.1. The summed E-state index contributed by atoms with van der Waals surface area (Å²) in [7, 11) is -3.15. The van der Waals surface area contributed by atoms with Gasteiger partial charge in [0, 0.05) is 38.5 Å². The van der Waals surface area contributed by atoms with E-state index in [2.05, 4.69) is 4.98 Å². The molecule has 0 aliphatic carbocycles. The fourth-order valence-electron chi connectivity index (χ4n) is 5.23. The van der Waals surface area contributed by atoms with E-state index >= 15 is 0 Å². The van der Waals surface area contributed by atoms with Crippen molar-refractivity contribution in [1.29, 1.82) is 0 Å². The Morgan fingerprint density at radius 1 is 0.843 bits per heavy atom. The van der Waals surface area contributed by atoms with Crippen molar-refractivity contribution in [2.45, 2.75) is 24.5 Å². The van der Waals surface area contributed by atoms with Gasteiger partial charge in [0.15, 0.2) is 28.2 Å². The first-order valence-corrected chi connectivity index (χ1v) is 16.5. The van der Waals surface area contributed by atoms with Crippen LogP contribution in [-0.4, -0.2) is 52.8 Å². The second kappa shape index (κ2) is 15.1. The number of ether oxygens (including phenoxy) is 1. The zero-order valence-electron chi connectivity index (χ0n) is 27.0. The number of carbonyl (C=O) groups is 2. The molecule has 16 heteroatoms. The highest BCUT2D eigenvalue weighted by molar-refractivity contribution is 7.89. The van der Waals surface area contributed by atoms with Gasteiger partial charge in [-0.25, -0.2) is 40.1 Å². The summed E-state index contributed by atoms with van der Waals surface area (Å²) in [6.07, 6.45) is 3.03. The van der Waals surface area contributed by atoms with E-state index in [9.17, 15) is 45.1 Å². The zero-order valence-corrected chi connectivity index (χ0v) is 27.8. The van der Waals surface area contributed by atoms with Gasteiger partial charge in [0.1, 0.15) is 23.7 Å². The number of carboxylic acid groups (broad SMARTS) is 1. The third-order valence-corrected chi connectivity index (χ3v) is 9.75. The van der Waals surface area contributed by atoms with Crippen LogP contribution in [0.5, 0.6) is 5.75 Å². The molecular weight excluding hydrogens is 699 g/mol. The van der Waals surface area contributed by atoms with Gasteiger partial charge < -0.3 is 19.3 Å². The molecule has 1 amide bonds. The van der Waals surface area contributed by atoms with E-state index in [0.717, 1.165) is 11.9 Å². The zero-order chi connectivity index (χ0) is 37.0. The molecule has 0 unspecified atom stereocenters. The van der Waals surface area contributed by atoms with Gasteiger partial charge in [-0.1, -0.05) is 60.7 Å². The topological polar surface area (TPSA) is 122 Å². The van der Waals surface area contributed by atoms with Gasteiger partial charge in [0.25, 0.3) is 0 Å². The number of nitrogens with zero attached hydrogens (tertiary/aromatic N) is 4. The molecule has 5 aromatic rings. The third-order valence-electron chi connectivity index (χ3n) is 7.92. The second-order valence-corrected chi connectivity index (χ2v) is 13.3. The molecule has 0 saturated carbocycles. The molecule has 5 rings (SSSR count). The van der Waals surface area contributed by atoms with Crippen molar-refractivity contribution in [2.24, 2.45) is 7.05 Å². The summed E-state index contributed by atoms with van der Waals surface area (Å²) in [5.74, 6) is -14.9. The number of hydrogen-bond acceptors (Lipinski definition) is 6. The first kappa shape index (κ1) is 36.7. The minimum Gasteiger partial charge on any atom is -0.488 e. The van der Waals surface area contributed by atoms with E-state index in [0.29, 0.717) is 11.1 Å². The molecule has 0 bridgehead atoms. The molecule has 266 valence electrons. The van der Waals surface area contributed by atoms with Crippen molar-refractivity contribution >= 4 is 27.6 Å². The van der Waals surface area contributed by atoms with Crippen LogP contribution in [-0.2, 0) is 41.4 Å². The average Bonchev–Trinajstić information content (AvgIpc) is 3.52. The summed E-state index contributed by atoms with van der Waals surface area (Å²) in [6, 6.07) is 20.2. The second-order valence-electron chi connectivity index (χ2n) is 11.3. The molecule has 0 aliphatic rings. The van der Waals surface area contributed by atoms with Crippen molar-refractivity contribution in [1.82, 2.24) is 13.9 Å². The van der Waals surface area contributed by atoms with Gasteiger partial charge in [0.05, 0.1) is 18.8 Å². The number of aromatic carboxylic acids is 1. The number of rotatable bonds is 13. The third kappa shape index (κ3) is 7.61. The van der Waals surface area contributed by atoms with Crippen LogP contribution in [0.2, 0.25) is 0 Å². The van der Waals surface area contributed by atoms with Gasteiger partial charge in [0.2, 0.25) is 21.7 Å². The predicted molar refractivity (Wildman–Crippen MR) is 174 cm³/mol. The maximum absolute atomic E-state index is 14.6. The molecular formula is C35H29F5N4O6S. The number of halogens is 5. The van der Waals surface area contributed by atoms with Gasteiger partial charge in [-0.3, -0.25) is 4.79 Å². The number of sulfonamides is 1. The van der Waals surface area contributed by atoms with Crippen molar-refractivity contribution in [3.63, 3.8) is 0 Å². The highest BCUT2D eigenvalue weighted by Crippen LogP contribution is 2.37. The quantitative estimate of drug-likeness (QED) is 0.0919. The minimum absolute atomic E-state index is 0.0183. The number of benzene rings is 4. The predicted octanol–water partition coefficient (Wildman–Crippen LogP) is 5.84. The number of aromatic nitrogens is 2. The Balaban J connectivity index is 1.64. The Labute approximate surface area is 289 Å². The van der Waals surface area contributed by atoms with Crippen LogP contribution in [0.4, 0.5) is 27.6 Å². The van der Waals surface area contributed by atoms with E-state index < -0.39 is 62.4 Å². The smallest absolute Gasteiger partial charge is 0.339 e. The summed E-state index contributed by atoms with van der Waals surface area (Å²) in [5.41, 5.74) is 1.43. The van der Waals surface area contributed by atoms with Crippen molar-refractivity contribution in [2.75, 3.05) is 18.5 Å². The average molecular weight is 729 g/mol. The molecule has 1 heterocycles. The van der Waals surface area contributed by atoms with Crippen LogP contribution < -0.4 is 9.64 Å². The van der Waals surface area contributed by atoms with Crippen LogP contribution in [0.3, 0.4) is 0 Å². The maximum Gasteiger partial charge on any atom is 0.339 e. The fraction of sp³-hybridized carbons (Fsp3) is 0.171. The van der Waals surface area contributed by atoms with Crippen molar-refractivity contribution < 1.29 is 49.8 Å². The Kier molecular flexibility index (Phi) is 10.9. The van der Waals surface area contributed by atoms with Crippen molar-refractivity contribution in [3.05, 3.63) is 142 Å². The lowest BCUT2D eigenvalue weighted by Crippen LogP contribution is -2.42. The number of anilines is 1. The summed E-state index contributed by atoms with van der Waals surface area (Å²) >= 11 is 0. The molecule has 1 aromatic heterocycles. The molecule has 0 saturated heterocycles. The van der Waals surface area contributed by atoms with Crippen LogP contribution in [0, 0.1) is 29.1 Å². The van der Waals surface area contributed by atoms with E-state index in [1.165, 1.54) is 18.3 Å². The summed E-state index contributed by atoms with van der Waals surface area (Å²) in [6.45, 7) is -1.55. The van der Waals surface area contributed by atoms with Crippen LogP contribution >= 0.6 is 0 Å². The number of hydrogen-bond donors (Lipinski definition) is 1. The number of aryl methyl sites for hydroxylation is 1. The standard InChI is InChI=1S/C35H29F5N4O6S/c1-42-16-15-41-26(42)18-44(27(45)19-43(2)51(48,49)34-31(39)29(37)28(36)30(38)32(34)40)25-14-13-23(35(46)47)33(50-20-22-11-7-4-8-12-22)24(25)17-21-9-5-3-6-10-21/h3-16H,17-20H2,1-2H3,(H,46,47). The van der Waals surface area contributed by atoms with Crippen molar-refractivity contribution in [3.8, 4) is 5.75 Å². The van der Waals surface area contributed by atoms with Crippen LogP contribution in [0.15, 0.2) is 90.1 Å². The Morgan fingerprint density at radius 3 is 1.96 bits per heavy atom. The normalized spacial score (nSPS) is 11.5. The highest BCUT2D eigenvalue weighted by Gasteiger charge is 2.37. The van der Waals surface area contributed by atoms with Gasteiger partial charge in [-0.05, 0) is 23.3 Å². The Hall–Kier alpha value is -5.61. The number of carbonyl (C=O) groups excluding carboxylic acids is 1. The van der Waals surface area contributed by atoms with E-state index in [1.54, 1.807) is 78.5 Å². The molecule has 0 aliphatic heterocycles. The molecule has 51 heavy (non-hydrogen) atoms. The highest BCUT2D eigenvalue weighted by atomic mass is 32.2. The van der Waals surface area contributed by atoms with Crippen LogP contribution in [0.1, 0.15) is 32.9 Å². The molecule has 4 aromatic carbocycles. The lowest BCUT2D eigenvalue weighted by molar-refractivity contribution is -0.118. The molecule has 0 atom stereocenters. The number of carboxylic acids is 1. The molecule has 1 N–H and O–H groups in total. The lowest BCUT2D eigenvalue weighted by atomic mass is 9.98. The summed E-state index contributed by atoms with van der Waals surface area (Å²) in [5, 5.41) is 10.2. The van der Waals surface area contributed by atoms with E-state index in [4.69, 9.17) is 4.74 Å². The minimum atomic E-state index is -5.50. The van der Waals surface area contributed by atoms with Gasteiger partial charge in [-0.15, -0.1) is 0 Å². The number of likely N-dealkylation sites (N-methyl/N-ethyl adjacent to an activating group) is 1. The first-order chi connectivity index (χ1) is 24.2. The molecule has 0 radical (unpaired) electrons. The fourth-order valence-corrected chi connectivity index (χ4v) is 6.45. The molecule has 0 spiro atoms. The van der Waals surface area contributed by atoms with Gasteiger partial charge >= 0.3 is 5.97 Å². The summed E-state index contributed by atoms with van der Waals surface area (Å²) in [4.78, 5) is 29.8. The Bertz CT molecular complexity index is 2170. The number of imidazole rings is 1. The largest absolute Gasteiger partial charge is 0.488 e.